The standard InChI is InChI=1S/C19H16Cl2/c1-3-13-10-17(14-8-9-18(20)19(21)11-14)16-7-5-4-6-15(16)12(13)2/h3-9,11,17H,2,10H2,1H3/b13-3-. The summed E-state index contributed by atoms with van der Waals surface area (Å²) in [6, 6.07) is 14.4. The molecule has 1 aliphatic rings. The van der Waals surface area contributed by atoms with Crippen molar-refractivity contribution in [1.82, 2.24) is 0 Å². The van der Waals surface area contributed by atoms with E-state index in [1.807, 2.05) is 12.1 Å². The zero-order valence-electron chi connectivity index (χ0n) is 11.9. The molecule has 0 bridgehead atoms. The molecule has 106 valence electrons. The van der Waals surface area contributed by atoms with Gasteiger partial charge in [-0.25, -0.2) is 0 Å². The average molecular weight is 315 g/mol. The quantitative estimate of drug-likeness (QED) is 0.564. The molecule has 1 unspecified atom stereocenters. The zero-order valence-corrected chi connectivity index (χ0v) is 13.4. The smallest absolute Gasteiger partial charge is 0.0595 e. The van der Waals surface area contributed by atoms with E-state index in [1.54, 1.807) is 0 Å². The van der Waals surface area contributed by atoms with Crippen LogP contribution in [-0.4, -0.2) is 0 Å². The van der Waals surface area contributed by atoms with Gasteiger partial charge in [-0.1, -0.05) is 66.2 Å². The van der Waals surface area contributed by atoms with Crippen molar-refractivity contribution >= 4 is 28.8 Å². The number of hydrogen-bond acceptors (Lipinski definition) is 0. The summed E-state index contributed by atoms with van der Waals surface area (Å²) in [5.41, 5.74) is 6.16. The highest BCUT2D eigenvalue weighted by molar-refractivity contribution is 6.42. The fourth-order valence-corrected chi connectivity index (χ4v) is 3.33. The number of benzene rings is 2. The minimum absolute atomic E-state index is 0.299. The molecule has 0 aliphatic heterocycles. The fourth-order valence-electron chi connectivity index (χ4n) is 3.02. The van der Waals surface area contributed by atoms with E-state index >= 15 is 0 Å². The molecule has 0 saturated carbocycles. The second-order valence-corrected chi connectivity index (χ2v) is 6.12. The van der Waals surface area contributed by atoms with Gasteiger partial charge in [0.05, 0.1) is 10.0 Å². The van der Waals surface area contributed by atoms with Gasteiger partial charge in [0, 0.05) is 5.92 Å². The van der Waals surface area contributed by atoms with Crippen molar-refractivity contribution in [3.63, 3.8) is 0 Å². The van der Waals surface area contributed by atoms with Crippen LogP contribution in [0.4, 0.5) is 0 Å². The molecule has 0 spiro atoms. The van der Waals surface area contributed by atoms with Crippen LogP contribution in [0, 0.1) is 0 Å². The summed E-state index contributed by atoms with van der Waals surface area (Å²) in [6.07, 6.45) is 3.10. The minimum atomic E-state index is 0.299. The van der Waals surface area contributed by atoms with E-state index in [0.29, 0.717) is 16.0 Å². The Morgan fingerprint density at radius 2 is 1.86 bits per heavy atom. The molecule has 3 rings (SSSR count). The van der Waals surface area contributed by atoms with Crippen molar-refractivity contribution in [1.29, 1.82) is 0 Å². The first-order valence-corrected chi connectivity index (χ1v) is 7.76. The number of halogens is 2. The van der Waals surface area contributed by atoms with Gasteiger partial charge in [0.15, 0.2) is 0 Å². The van der Waals surface area contributed by atoms with Crippen LogP contribution < -0.4 is 0 Å². The monoisotopic (exact) mass is 314 g/mol. The minimum Gasteiger partial charge on any atom is -0.0909 e. The van der Waals surface area contributed by atoms with E-state index in [4.69, 9.17) is 23.2 Å². The third-order valence-electron chi connectivity index (χ3n) is 4.17. The Hall–Kier alpha value is -1.50. The van der Waals surface area contributed by atoms with Crippen LogP contribution in [0.15, 0.2) is 60.7 Å². The summed E-state index contributed by atoms with van der Waals surface area (Å²) in [7, 11) is 0. The normalized spacial score (nSPS) is 19.7. The van der Waals surface area contributed by atoms with Crippen molar-refractivity contribution in [3.8, 4) is 0 Å². The van der Waals surface area contributed by atoms with E-state index < -0.39 is 0 Å². The molecule has 1 aliphatic carbocycles. The van der Waals surface area contributed by atoms with Crippen LogP contribution in [0.3, 0.4) is 0 Å². The lowest BCUT2D eigenvalue weighted by molar-refractivity contribution is 0.791. The van der Waals surface area contributed by atoms with E-state index in [0.717, 1.165) is 12.0 Å². The van der Waals surface area contributed by atoms with Gasteiger partial charge in [-0.15, -0.1) is 0 Å². The fraction of sp³-hybridized carbons (Fsp3) is 0.158. The number of fused-ring (bicyclic) bond motifs is 1. The van der Waals surface area contributed by atoms with E-state index in [9.17, 15) is 0 Å². The molecule has 0 radical (unpaired) electrons. The van der Waals surface area contributed by atoms with Gasteiger partial charge in [0.1, 0.15) is 0 Å². The lowest BCUT2D eigenvalue weighted by Crippen LogP contribution is -2.12. The van der Waals surface area contributed by atoms with Crippen LogP contribution in [0.2, 0.25) is 10.0 Å². The number of allylic oxidation sites excluding steroid dienone is 3. The first kappa shape index (κ1) is 14.4. The SMILES string of the molecule is C=C1/C(=C\C)CC(c2ccc(Cl)c(Cl)c2)c2ccccc21. The van der Waals surface area contributed by atoms with Crippen molar-refractivity contribution in [2.45, 2.75) is 19.3 Å². The molecule has 0 heterocycles. The first-order valence-electron chi connectivity index (χ1n) is 7.00. The Balaban J connectivity index is 2.16. The average Bonchev–Trinajstić information content (AvgIpc) is 2.51. The summed E-state index contributed by atoms with van der Waals surface area (Å²) in [5, 5.41) is 1.21. The Bertz CT molecular complexity index is 741. The Labute approximate surface area is 135 Å². The molecular formula is C19H16Cl2. The van der Waals surface area contributed by atoms with Gasteiger partial charge in [-0.2, -0.15) is 0 Å². The van der Waals surface area contributed by atoms with Crippen LogP contribution in [0.1, 0.15) is 36.0 Å². The predicted octanol–water partition coefficient (Wildman–Crippen LogP) is 6.49. The molecule has 0 amide bonds. The molecule has 2 aromatic rings. The van der Waals surface area contributed by atoms with Crippen LogP contribution in [0.25, 0.3) is 5.57 Å². The number of rotatable bonds is 1. The largest absolute Gasteiger partial charge is 0.0909 e. The lowest BCUT2D eigenvalue weighted by Gasteiger charge is -2.29. The van der Waals surface area contributed by atoms with Gasteiger partial charge >= 0.3 is 0 Å². The van der Waals surface area contributed by atoms with Crippen LogP contribution >= 0.6 is 23.2 Å². The van der Waals surface area contributed by atoms with Gasteiger partial charge in [-0.05, 0) is 53.3 Å². The third kappa shape index (κ3) is 2.54. The molecule has 0 aromatic heterocycles. The summed E-state index contributed by atoms with van der Waals surface area (Å²) in [5.74, 6) is 0.299. The molecule has 0 saturated heterocycles. The molecule has 2 aromatic carbocycles. The predicted molar refractivity (Wildman–Crippen MR) is 92.2 cm³/mol. The molecule has 1 atom stereocenters. The maximum Gasteiger partial charge on any atom is 0.0595 e. The topological polar surface area (TPSA) is 0 Å². The Morgan fingerprint density at radius 3 is 2.57 bits per heavy atom. The van der Waals surface area contributed by atoms with Crippen molar-refractivity contribution in [2.75, 3.05) is 0 Å². The van der Waals surface area contributed by atoms with Gasteiger partial charge in [0.25, 0.3) is 0 Å². The summed E-state index contributed by atoms with van der Waals surface area (Å²) in [6.45, 7) is 6.32. The maximum absolute atomic E-state index is 6.19. The summed E-state index contributed by atoms with van der Waals surface area (Å²) in [4.78, 5) is 0. The second kappa shape index (κ2) is 5.71. The first-order chi connectivity index (χ1) is 10.1. The highest BCUT2D eigenvalue weighted by Gasteiger charge is 2.26. The molecule has 0 N–H and O–H groups in total. The summed E-state index contributed by atoms with van der Waals surface area (Å²) >= 11 is 12.2. The van der Waals surface area contributed by atoms with Gasteiger partial charge in [0.2, 0.25) is 0 Å². The van der Waals surface area contributed by atoms with Crippen molar-refractivity contribution < 1.29 is 0 Å². The summed E-state index contributed by atoms with van der Waals surface area (Å²) < 4.78 is 0. The van der Waals surface area contributed by atoms with Crippen LogP contribution in [0.5, 0.6) is 0 Å². The van der Waals surface area contributed by atoms with Gasteiger partial charge < -0.3 is 0 Å². The van der Waals surface area contributed by atoms with E-state index in [2.05, 4.69) is 49.9 Å². The van der Waals surface area contributed by atoms with Crippen molar-refractivity contribution in [3.05, 3.63) is 87.4 Å². The molecule has 21 heavy (non-hydrogen) atoms. The van der Waals surface area contributed by atoms with Gasteiger partial charge in [-0.3, -0.25) is 0 Å². The molecule has 0 nitrogen and oxygen atoms in total. The van der Waals surface area contributed by atoms with Crippen molar-refractivity contribution in [2.24, 2.45) is 0 Å². The maximum atomic E-state index is 6.19. The van der Waals surface area contributed by atoms with E-state index in [1.165, 1.54) is 22.3 Å². The third-order valence-corrected chi connectivity index (χ3v) is 4.91. The molecular weight excluding hydrogens is 299 g/mol. The Kier molecular flexibility index (Phi) is 3.93. The molecule has 0 fully saturated rings. The Morgan fingerprint density at radius 1 is 1.10 bits per heavy atom. The van der Waals surface area contributed by atoms with E-state index in [-0.39, 0.29) is 0 Å². The zero-order chi connectivity index (χ0) is 15.0. The highest BCUT2D eigenvalue weighted by atomic mass is 35.5. The second-order valence-electron chi connectivity index (χ2n) is 5.31. The number of hydrogen-bond donors (Lipinski definition) is 0. The lowest BCUT2D eigenvalue weighted by atomic mass is 9.74. The van der Waals surface area contributed by atoms with Crippen LogP contribution in [-0.2, 0) is 0 Å². The molecule has 2 heteroatoms. The highest BCUT2D eigenvalue weighted by Crippen LogP contribution is 2.44.